The van der Waals surface area contributed by atoms with Gasteiger partial charge in [0.25, 0.3) is 0 Å². The zero-order valence-electron chi connectivity index (χ0n) is 33.2. The first-order valence-corrected chi connectivity index (χ1v) is 19.1. The van der Waals surface area contributed by atoms with Crippen LogP contribution in [0.4, 0.5) is 17.2 Å². The number of nitrogens with zero attached hydrogens (tertiary/aromatic N) is 3. The van der Waals surface area contributed by atoms with E-state index >= 15 is 0 Å². The van der Waals surface area contributed by atoms with Gasteiger partial charge < -0.3 is 5.11 Å². The molecule has 6 rings (SSSR count). The van der Waals surface area contributed by atoms with Crippen molar-refractivity contribution in [2.75, 3.05) is 4.90 Å². The van der Waals surface area contributed by atoms with Crippen LogP contribution in [0.2, 0.25) is 0 Å². The minimum atomic E-state index is 0.0800. The van der Waals surface area contributed by atoms with Gasteiger partial charge in [-0.2, -0.15) is 0 Å². The SMILES string of the molecule is Cc1cc(C(C)(C)C)cc(C)c1-c1ccnc(-c2cccc(N(c3cccc(-c4ccccc4O)c3)c3cc(C(C)C)cc(C(C)CC(C)C)c3)n2)c1. The van der Waals surface area contributed by atoms with E-state index in [1.54, 1.807) is 6.07 Å². The molecule has 4 nitrogen and oxygen atoms in total. The number of phenolic OH excluding ortho intramolecular Hbond substituents is 1. The Morgan fingerprint density at radius 1 is 0.660 bits per heavy atom. The number of para-hydroxylation sites is 1. The van der Waals surface area contributed by atoms with Crippen molar-refractivity contribution in [3.05, 3.63) is 143 Å². The minimum absolute atomic E-state index is 0.0800. The van der Waals surface area contributed by atoms with Crippen molar-refractivity contribution in [3.63, 3.8) is 0 Å². The summed E-state index contributed by atoms with van der Waals surface area (Å²) in [6.45, 7) is 22.7. The van der Waals surface area contributed by atoms with Crippen LogP contribution in [0.25, 0.3) is 33.6 Å². The lowest BCUT2D eigenvalue weighted by Gasteiger charge is -2.28. The molecule has 1 N–H and O–H groups in total. The average Bonchev–Trinajstić information content (AvgIpc) is 3.11. The van der Waals surface area contributed by atoms with Crippen LogP contribution in [0.5, 0.6) is 5.75 Å². The van der Waals surface area contributed by atoms with Crippen LogP contribution >= 0.6 is 0 Å². The lowest BCUT2D eigenvalue weighted by Crippen LogP contribution is -2.14. The topological polar surface area (TPSA) is 49.2 Å². The van der Waals surface area contributed by atoms with Gasteiger partial charge in [0.05, 0.1) is 11.4 Å². The Balaban J connectivity index is 1.51. The van der Waals surface area contributed by atoms with Crippen molar-refractivity contribution in [3.8, 4) is 39.4 Å². The van der Waals surface area contributed by atoms with Crippen LogP contribution in [0.3, 0.4) is 0 Å². The van der Waals surface area contributed by atoms with Crippen LogP contribution in [-0.2, 0) is 5.41 Å². The van der Waals surface area contributed by atoms with Gasteiger partial charge in [-0.1, -0.05) is 110 Å². The van der Waals surface area contributed by atoms with Gasteiger partial charge in [0.1, 0.15) is 11.6 Å². The van der Waals surface area contributed by atoms with Crippen molar-refractivity contribution >= 4 is 17.2 Å². The molecule has 0 fully saturated rings. The zero-order chi connectivity index (χ0) is 38.0. The van der Waals surface area contributed by atoms with E-state index in [-0.39, 0.29) is 11.2 Å². The largest absolute Gasteiger partial charge is 0.507 e. The number of hydrogen-bond acceptors (Lipinski definition) is 4. The van der Waals surface area contributed by atoms with E-state index in [2.05, 4.69) is 159 Å². The molecule has 0 amide bonds. The van der Waals surface area contributed by atoms with Gasteiger partial charge in [-0.3, -0.25) is 9.88 Å². The Kier molecular flexibility index (Phi) is 10.9. The molecule has 4 heteroatoms. The molecule has 272 valence electrons. The summed E-state index contributed by atoms with van der Waals surface area (Å²) < 4.78 is 0. The average molecular weight is 702 g/mol. The third-order valence-electron chi connectivity index (χ3n) is 10.3. The molecule has 4 aromatic carbocycles. The highest BCUT2D eigenvalue weighted by Gasteiger charge is 2.21. The number of phenols is 1. The Labute approximate surface area is 317 Å². The molecule has 0 radical (unpaired) electrons. The van der Waals surface area contributed by atoms with E-state index < -0.39 is 0 Å². The first-order chi connectivity index (χ1) is 25.2. The Morgan fingerprint density at radius 2 is 1.36 bits per heavy atom. The highest BCUT2D eigenvalue weighted by molar-refractivity contribution is 5.82. The summed E-state index contributed by atoms with van der Waals surface area (Å²) in [4.78, 5) is 12.5. The molecule has 0 aliphatic rings. The molecular weight excluding hydrogens is 647 g/mol. The second-order valence-electron chi connectivity index (χ2n) is 16.5. The molecule has 6 aromatic rings. The van der Waals surface area contributed by atoms with Gasteiger partial charge >= 0.3 is 0 Å². The van der Waals surface area contributed by atoms with Crippen LogP contribution in [-0.4, -0.2) is 15.1 Å². The summed E-state index contributed by atoms with van der Waals surface area (Å²) >= 11 is 0. The normalized spacial score (nSPS) is 12.4. The molecule has 0 aliphatic heterocycles. The van der Waals surface area contributed by atoms with E-state index in [1.165, 1.54) is 33.4 Å². The number of aryl methyl sites for hydroxylation is 2. The van der Waals surface area contributed by atoms with Gasteiger partial charge in [-0.05, 0) is 143 Å². The predicted molar refractivity (Wildman–Crippen MR) is 225 cm³/mol. The first kappa shape index (κ1) is 37.5. The van der Waals surface area contributed by atoms with E-state index in [0.717, 1.165) is 51.7 Å². The second-order valence-corrected chi connectivity index (χ2v) is 16.5. The summed E-state index contributed by atoms with van der Waals surface area (Å²) in [5, 5.41) is 10.8. The summed E-state index contributed by atoms with van der Waals surface area (Å²) in [6, 6.07) is 38.1. The molecule has 0 aliphatic carbocycles. The quantitative estimate of drug-likeness (QED) is 0.154. The fraction of sp³-hybridized carbons (Fsp3) is 0.306. The fourth-order valence-corrected chi connectivity index (χ4v) is 7.46. The molecule has 2 heterocycles. The molecule has 0 spiro atoms. The number of hydrogen-bond donors (Lipinski definition) is 1. The number of aromatic nitrogens is 2. The third-order valence-corrected chi connectivity index (χ3v) is 10.3. The molecule has 1 unspecified atom stereocenters. The van der Waals surface area contributed by atoms with Crippen LogP contribution in [0.1, 0.15) is 101 Å². The number of anilines is 3. The van der Waals surface area contributed by atoms with Crippen LogP contribution in [0, 0.1) is 19.8 Å². The maximum absolute atomic E-state index is 10.8. The summed E-state index contributed by atoms with van der Waals surface area (Å²) in [7, 11) is 0. The van der Waals surface area contributed by atoms with Gasteiger partial charge in [0, 0.05) is 23.1 Å². The molecule has 0 saturated carbocycles. The third kappa shape index (κ3) is 8.38. The molecule has 1 atom stereocenters. The summed E-state index contributed by atoms with van der Waals surface area (Å²) in [6.07, 6.45) is 3.01. The molecule has 53 heavy (non-hydrogen) atoms. The Morgan fingerprint density at radius 3 is 2.04 bits per heavy atom. The zero-order valence-corrected chi connectivity index (χ0v) is 33.2. The maximum atomic E-state index is 10.8. The fourth-order valence-electron chi connectivity index (χ4n) is 7.46. The number of pyridine rings is 2. The van der Waals surface area contributed by atoms with Crippen molar-refractivity contribution in [1.82, 2.24) is 9.97 Å². The predicted octanol–water partition coefficient (Wildman–Crippen LogP) is 13.8. The van der Waals surface area contributed by atoms with E-state index in [9.17, 15) is 5.11 Å². The lowest BCUT2D eigenvalue weighted by atomic mass is 9.82. The van der Waals surface area contributed by atoms with Gasteiger partial charge in [0.15, 0.2) is 0 Å². The number of benzene rings is 4. The summed E-state index contributed by atoms with van der Waals surface area (Å²) in [5.74, 6) is 2.40. The first-order valence-electron chi connectivity index (χ1n) is 19.1. The second kappa shape index (κ2) is 15.4. The smallest absolute Gasteiger partial charge is 0.138 e. The monoisotopic (exact) mass is 701 g/mol. The molecule has 0 saturated heterocycles. The highest BCUT2D eigenvalue weighted by Crippen LogP contribution is 2.41. The molecular formula is C49H55N3O. The lowest BCUT2D eigenvalue weighted by molar-refractivity contribution is 0.477. The Hall–Kier alpha value is -5.22. The van der Waals surface area contributed by atoms with Gasteiger partial charge in [0.2, 0.25) is 0 Å². The highest BCUT2D eigenvalue weighted by atomic mass is 16.3. The van der Waals surface area contributed by atoms with Crippen molar-refractivity contribution in [2.24, 2.45) is 5.92 Å². The van der Waals surface area contributed by atoms with Crippen LogP contribution in [0.15, 0.2) is 115 Å². The van der Waals surface area contributed by atoms with Gasteiger partial charge in [-0.25, -0.2) is 4.98 Å². The van der Waals surface area contributed by atoms with Gasteiger partial charge in [-0.15, -0.1) is 0 Å². The minimum Gasteiger partial charge on any atom is -0.507 e. The van der Waals surface area contributed by atoms with Crippen molar-refractivity contribution < 1.29 is 5.11 Å². The summed E-state index contributed by atoms with van der Waals surface area (Å²) in [5.41, 5.74) is 14.3. The number of aromatic hydroxyl groups is 1. The van der Waals surface area contributed by atoms with E-state index in [4.69, 9.17) is 9.97 Å². The number of rotatable bonds is 10. The Bertz CT molecular complexity index is 2200. The van der Waals surface area contributed by atoms with Crippen molar-refractivity contribution in [2.45, 2.75) is 92.9 Å². The standard InChI is InChI=1S/C49H55N3O/c1-31(2)23-33(5)39-26-38(32(3)4)28-42(29-39)52(41-16-13-15-36(27-41)43-17-11-12-19-46(43)53)47-20-14-18-44(51-47)45-30-37(21-22-50-45)48-34(6)24-40(25-35(48)7)49(8,9)10/h11-22,24-33,53H,23H2,1-10H3. The van der Waals surface area contributed by atoms with E-state index in [0.29, 0.717) is 17.8 Å². The van der Waals surface area contributed by atoms with Crippen molar-refractivity contribution in [1.29, 1.82) is 0 Å². The van der Waals surface area contributed by atoms with Crippen LogP contribution < -0.4 is 4.90 Å². The molecule has 2 aromatic heterocycles. The maximum Gasteiger partial charge on any atom is 0.138 e. The van der Waals surface area contributed by atoms with E-state index in [1.807, 2.05) is 24.4 Å². The molecule has 0 bridgehead atoms.